The van der Waals surface area contributed by atoms with E-state index in [1.807, 2.05) is 0 Å². The standard InChI is InChI=1S/C13H27NO/c1-3-9-14-13-7-5-6-12(13)8-11-15-10-4-2/h12-14H,3-11H2,1-2H3. The van der Waals surface area contributed by atoms with Gasteiger partial charge in [0.05, 0.1) is 0 Å². The zero-order valence-electron chi connectivity index (χ0n) is 10.4. The third-order valence-electron chi connectivity index (χ3n) is 3.30. The zero-order valence-corrected chi connectivity index (χ0v) is 10.4. The molecule has 0 saturated heterocycles. The highest BCUT2D eigenvalue weighted by Gasteiger charge is 2.25. The first-order valence-corrected chi connectivity index (χ1v) is 6.69. The smallest absolute Gasteiger partial charge is 0.0469 e. The van der Waals surface area contributed by atoms with Crippen molar-refractivity contribution in [2.24, 2.45) is 5.92 Å². The van der Waals surface area contributed by atoms with Gasteiger partial charge in [-0.15, -0.1) is 0 Å². The Morgan fingerprint density at radius 3 is 2.73 bits per heavy atom. The summed E-state index contributed by atoms with van der Waals surface area (Å²) < 4.78 is 5.57. The van der Waals surface area contributed by atoms with E-state index in [2.05, 4.69) is 19.2 Å². The van der Waals surface area contributed by atoms with Crippen LogP contribution < -0.4 is 5.32 Å². The van der Waals surface area contributed by atoms with E-state index in [1.165, 1.54) is 38.6 Å². The van der Waals surface area contributed by atoms with Crippen molar-refractivity contribution in [2.75, 3.05) is 19.8 Å². The average Bonchev–Trinajstić information content (AvgIpc) is 2.69. The van der Waals surface area contributed by atoms with Gasteiger partial charge in [-0.2, -0.15) is 0 Å². The van der Waals surface area contributed by atoms with Crippen molar-refractivity contribution in [1.82, 2.24) is 5.32 Å². The van der Waals surface area contributed by atoms with Crippen LogP contribution in [0, 0.1) is 5.92 Å². The summed E-state index contributed by atoms with van der Waals surface area (Å²) in [5.41, 5.74) is 0. The average molecular weight is 213 g/mol. The van der Waals surface area contributed by atoms with Crippen molar-refractivity contribution in [3.8, 4) is 0 Å². The van der Waals surface area contributed by atoms with Gasteiger partial charge in [-0.3, -0.25) is 0 Å². The Balaban J connectivity index is 2.09. The van der Waals surface area contributed by atoms with Gasteiger partial charge in [0.1, 0.15) is 0 Å². The summed E-state index contributed by atoms with van der Waals surface area (Å²) in [7, 11) is 0. The summed E-state index contributed by atoms with van der Waals surface area (Å²) in [5, 5.41) is 3.67. The quantitative estimate of drug-likeness (QED) is 0.626. The molecule has 0 aliphatic heterocycles. The fourth-order valence-electron chi connectivity index (χ4n) is 2.46. The van der Waals surface area contributed by atoms with E-state index in [-0.39, 0.29) is 0 Å². The zero-order chi connectivity index (χ0) is 10.9. The normalized spacial score (nSPS) is 26.0. The molecule has 1 N–H and O–H groups in total. The molecule has 0 aromatic carbocycles. The summed E-state index contributed by atoms with van der Waals surface area (Å²) in [6.45, 7) is 7.47. The Kier molecular flexibility index (Phi) is 7.03. The lowest BCUT2D eigenvalue weighted by atomic mass is 10.00. The SMILES string of the molecule is CCCNC1CCCC1CCOCCC. The Morgan fingerprint density at radius 1 is 1.13 bits per heavy atom. The number of rotatable bonds is 8. The van der Waals surface area contributed by atoms with E-state index in [0.29, 0.717) is 0 Å². The molecule has 2 heteroatoms. The Bertz CT molecular complexity index is 149. The van der Waals surface area contributed by atoms with Crippen LogP contribution in [-0.2, 0) is 4.74 Å². The Hall–Kier alpha value is -0.0800. The van der Waals surface area contributed by atoms with E-state index >= 15 is 0 Å². The number of hydrogen-bond acceptors (Lipinski definition) is 2. The Morgan fingerprint density at radius 2 is 2.00 bits per heavy atom. The molecular formula is C13H27NO. The maximum atomic E-state index is 5.57. The third-order valence-corrected chi connectivity index (χ3v) is 3.30. The molecule has 2 atom stereocenters. The van der Waals surface area contributed by atoms with Gasteiger partial charge in [-0.1, -0.05) is 20.3 Å². The largest absolute Gasteiger partial charge is 0.381 e. The fraction of sp³-hybridized carbons (Fsp3) is 1.00. The lowest BCUT2D eigenvalue weighted by Crippen LogP contribution is -2.33. The van der Waals surface area contributed by atoms with Crippen molar-refractivity contribution >= 4 is 0 Å². The number of nitrogens with one attached hydrogen (secondary N) is 1. The molecule has 2 nitrogen and oxygen atoms in total. The molecule has 1 fully saturated rings. The molecule has 0 aromatic heterocycles. The van der Waals surface area contributed by atoms with Gasteiger partial charge >= 0.3 is 0 Å². The van der Waals surface area contributed by atoms with Crippen LogP contribution in [0.15, 0.2) is 0 Å². The first-order chi connectivity index (χ1) is 7.38. The summed E-state index contributed by atoms with van der Waals surface area (Å²) >= 11 is 0. The molecule has 0 aromatic rings. The monoisotopic (exact) mass is 213 g/mol. The molecular weight excluding hydrogens is 186 g/mol. The summed E-state index contributed by atoms with van der Waals surface area (Å²) in [5.74, 6) is 0.869. The van der Waals surface area contributed by atoms with Crippen LogP contribution in [0.1, 0.15) is 52.4 Å². The Labute approximate surface area is 94.8 Å². The van der Waals surface area contributed by atoms with Crippen LogP contribution in [-0.4, -0.2) is 25.8 Å². The molecule has 0 radical (unpaired) electrons. The predicted molar refractivity (Wildman–Crippen MR) is 65.1 cm³/mol. The van der Waals surface area contributed by atoms with Crippen LogP contribution >= 0.6 is 0 Å². The molecule has 0 amide bonds. The van der Waals surface area contributed by atoms with E-state index in [0.717, 1.165) is 31.6 Å². The van der Waals surface area contributed by atoms with Crippen molar-refractivity contribution in [3.63, 3.8) is 0 Å². The molecule has 90 valence electrons. The van der Waals surface area contributed by atoms with Gasteiger partial charge in [0.2, 0.25) is 0 Å². The van der Waals surface area contributed by atoms with Gasteiger partial charge in [0.15, 0.2) is 0 Å². The van der Waals surface area contributed by atoms with E-state index < -0.39 is 0 Å². The molecule has 1 rings (SSSR count). The molecule has 0 heterocycles. The van der Waals surface area contributed by atoms with Crippen LogP contribution in [0.5, 0.6) is 0 Å². The maximum absolute atomic E-state index is 5.57. The van der Waals surface area contributed by atoms with Gasteiger partial charge in [0.25, 0.3) is 0 Å². The molecule has 15 heavy (non-hydrogen) atoms. The van der Waals surface area contributed by atoms with Crippen molar-refractivity contribution in [2.45, 2.75) is 58.4 Å². The lowest BCUT2D eigenvalue weighted by Gasteiger charge is -2.20. The minimum absolute atomic E-state index is 0.773. The fourth-order valence-corrected chi connectivity index (χ4v) is 2.46. The second-order valence-electron chi connectivity index (χ2n) is 4.65. The molecule has 0 bridgehead atoms. The van der Waals surface area contributed by atoms with Crippen molar-refractivity contribution in [3.05, 3.63) is 0 Å². The second kappa shape index (κ2) is 8.12. The van der Waals surface area contributed by atoms with Gasteiger partial charge in [0, 0.05) is 19.3 Å². The topological polar surface area (TPSA) is 21.3 Å². The third kappa shape index (κ3) is 4.98. The number of ether oxygens (including phenoxy) is 1. The van der Waals surface area contributed by atoms with Gasteiger partial charge in [-0.25, -0.2) is 0 Å². The molecule has 1 aliphatic rings. The van der Waals surface area contributed by atoms with Crippen molar-refractivity contribution in [1.29, 1.82) is 0 Å². The minimum atomic E-state index is 0.773. The van der Waals surface area contributed by atoms with Crippen LogP contribution in [0.4, 0.5) is 0 Å². The van der Waals surface area contributed by atoms with Crippen molar-refractivity contribution < 1.29 is 4.74 Å². The molecule has 1 aliphatic carbocycles. The first-order valence-electron chi connectivity index (χ1n) is 6.69. The van der Waals surface area contributed by atoms with Crippen LogP contribution in [0.2, 0.25) is 0 Å². The predicted octanol–water partition coefficient (Wildman–Crippen LogP) is 2.97. The highest BCUT2D eigenvalue weighted by atomic mass is 16.5. The van der Waals surface area contributed by atoms with E-state index in [9.17, 15) is 0 Å². The highest BCUT2D eigenvalue weighted by molar-refractivity contribution is 4.82. The van der Waals surface area contributed by atoms with Gasteiger partial charge < -0.3 is 10.1 Å². The maximum Gasteiger partial charge on any atom is 0.0469 e. The summed E-state index contributed by atoms with van der Waals surface area (Å²) in [6, 6.07) is 0.773. The summed E-state index contributed by atoms with van der Waals surface area (Å²) in [4.78, 5) is 0. The molecule has 1 saturated carbocycles. The second-order valence-corrected chi connectivity index (χ2v) is 4.65. The van der Waals surface area contributed by atoms with E-state index in [1.54, 1.807) is 0 Å². The van der Waals surface area contributed by atoms with Gasteiger partial charge in [-0.05, 0) is 44.6 Å². The molecule has 2 unspecified atom stereocenters. The van der Waals surface area contributed by atoms with Crippen LogP contribution in [0.3, 0.4) is 0 Å². The van der Waals surface area contributed by atoms with Crippen LogP contribution in [0.25, 0.3) is 0 Å². The minimum Gasteiger partial charge on any atom is -0.381 e. The number of hydrogen-bond donors (Lipinski definition) is 1. The summed E-state index contributed by atoms with van der Waals surface area (Å²) in [6.07, 6.45) is 7.81. The highest BCUT2D eigenvalue weighted by Crippen LogP contribution is 2.28. The lowest BCUT2D eigenvalue weighted by molar-refractivity contribution is 0.117. The van der Waals surface area contributed by atoms with E-state index in [4.69, 9.17) is 4.74 Å². The molecule has 0 spiro atoms. The first kappa shape index (κ1) is 13.0.